The summed E-state index contributed by atoms with van der Waals surface area (Å²) in [6.07, 6.45) is 1.35. The number of amides is 2. The van der Waals surface area contributed by atoms with Gasteiger partial charge in [0.05, 0.1) is 6.54 Å². The Morgan fingerprint density at radius 2 is 1.74 bits per heavy atom. The number of hydrogen-bond donors (Lipinski definition) is 2. The summed E-state index contributed by atoms with van der Waals surface area (Å²) in [6.45, 7) is 0.246. The first-order valence-electron chi connectivity index (χ1n) is 11.5. The summed E-state index contributed by atoms with van der Waals surface area (Å²) in [5.74, 6) is -2.19. The lowest BCUT2D eigenvalue weighted by Crippen LogP contribution is -2.57. The van der Waals surface area contributed by atoms with Crippen molar-refractivity contribution in [1.29, 1.82) is 0 Å². The topological polar surface area (TPSA) is 113 Å². The van der Waals surface area contributed by atoms with Crippen LogP contribution in [0.15, 0.2) is 54.6 Å². The molecule has 2 amide bonds. The maximum atomic E-state index is 13.3. The largest absolute Gasteiger partial charge is 0.480 e. The van der Waals surface area contributed by atoms with E-state index in [0.717, 1.165) is 16.7 Å². The highest BCUT2D eigenvalue weighted by Crippen LogP contribution is 2.27. The molecule has 8 heteroatoms. The standard InChI is InChI=1S/C26H28N2O6/c29-21-12-6-11-19(13-21)23(25(31)32)27-24(30)22-14-18-9-4-5-10-20(18)15-28(22)26(33)34-16-17-7-2-1-3-8-17/h1-5,7-10,19,22-23H,6,11-16H2,(H,27,30)(H,31,32)/t19-,22-,23+/m0/s1. The van der Waals surface area contributed by atoms with Crippen molar-refractivity contribution in [1.82, 2.24) is 10.2 Å². The summed E-state index contributed by atoms with van der Waals surface area (Å²) in [4.78, 5) is 51.5. The Hall–Kier alpha value is -3.68. The van der Waals surface area contributed by atoms with E-state index in [2.05, 4.69) is 5.32 Å². The molecule has 2 N–H and O–H groups in total. The van der Waals surface area contributed by atoms with Crippen LogP contribution in [0.5, 0.6) is 0 Å². The molecule has 1 saturated carbocycles. The molecular weight excluding hydrogens is 436 g/mol. The van der Waals surface area contributed by atoms with E-state index in [1.54, 1.807) is 0 Å². The number of benzene rings is 2. The number of carbonyl (C=O) groups is 4. The number of nitrogens with zero attached hydrogens (tertiary/aromatic N) is 1. The highest BCUT2D eigenvalue weighted by Gasteiger charge is 2.39. The lowest BCUT2D eigenvalue weighted by molar-refractivity contribution is -0.145. The number of hydrogen-bond acceptors (Lipinski definition) is 5. The maximum absolute atomic E-state index is 13.3. The minimum Gasteiger partial charge on any atom is -0.480 e. The highest BCUT2D eigenvalue weighted by atomic mass is 16.6. The zero-order chi connectivity index (χ0) is 24.1. The van der Waals surface area contributed by atoms with E-state index in [4.69, 9.17) is 4.74 Å². The normalized spacial score (nSPS) is 20.7. The molecule has 2 aromatic carbocycles. The van der Waals surface area contributed by atoms with Gasteiger partial charge in [-0.05, 0) is 35.4 Å². The summed E-state index contributed by atoms with van der Waals surface area (Å²) < 4.78 is 5.49. The predicted molar refractivity (Wildman–Crippen MR) is 123 cm³/mol. The van der Waals surface area contributed by atoms with Crippen molar-refractivity contribution >= 4 is 23.8 Å². The molecule has 2 aromatic rings. The van der Waals surface area contributed by atoms with Crippen molar-refractivity contribution in [2.24, 2.45) is 5.92 Å². The molecular formula is C26H28N2O6. The molecule has 1 heterocycles. The number of ether oxygens (including phenoxy) is 1. The second kappa shape index (κ2) is 10.5. The third-order valence-corrected chi connectivity index (χ3v) is 6.55. The molecule has 0 radical (unpaired) electrons. The van der Waals surface area contributed by atoms with Crippen molar-refractivity contribution in [2.75, 3.05) is 0 Å². The summed E-state index contributed by atoms with van der Waals surface area (Å²) in [6, 6.07) is 14.7. The molecule has 0 spiro atoms. The van der Waals surface area contributed by atoms with Crippen LogP contribution < -0.4 is 5.32 Å². The Kier molecular flexibility index (Phi) is 7.25. The number of carboxylic acid groups (broad SMARTS) is 1. The molecule has 8 nitrogen and oxygen atoms in total. The Morgan fingerprint density at radius 3 is 2.44 bits per heavy atom. The van der Waals surface area contributed by atoms with Crippen LogP contribution in [-0.4, -0.2) is 45.8 Å². The molecule has 3 atom stereocenters. The monoisotopic (exact) mass is 464 g/mol. The zero-order valence-electron chi connectivity index (χ0n) is 18.8. The molecule has 0 aromatic heterocycles. The summed E-state index contributed by atoms with van der Waals surface area (Å²) in [5, 5.41) is 12.4. The SMILES string of the molecule is O=C1CCC[C@H]([C@@H](NC(=O)[C@@H]2Cc3ccccc3CN2C(=O)OCc2ccccc2)C(=O)O)C1. The first kappa shape index (κ1) is 23.5. The number of aliphatic carboxylic acids is 1. The van der Waals surface area contributed by atoms with Gasteiger partial charge in [0.15, 0.2) is 0 Å². The number of fused-ring (bicyclic) bond motifs is 1. The number of nitrogens with one attached hydrogen (secondary N) is 1. The van der Waals surface area contributed by atoms with Gasteiger partial charge >= 0.3 is 12.1 Å². The molecule has 0 saturated heterocycles. The van der Waals surface area contributed by atoms with Crippen LogP contribution in [0.25, 0.3) is 0 Å². The van der Waals surface area contributed by atoms with Gasteiger partial charge in [-0.3, -0.25) is 14.5 Å². The van der Waals surface area contributed by atoms with E-state index >= 15 is 0 Å². The van der Waals surface area contributed by atoms with Crippen molar-refractivity contribution in [3.05, 3.63) is 71.3 Å². The van der Waals surface area contributed by atoms with Gasteiger partial charge in [-0.15, -0.1) is 0 Å². The fourth-order valence-corrected chi connectivity index (χ4v) is 4.72. The van der Waals surface area contributed by atoms with Gasteiger partial charge in [0.1, 0.15) is 24.5 Å². The quantitative estimate of drug-likeness (QED) is 0.679. The molecule has 0 bridgehead atoms. The second-order valence-corrected chi connectivity index (χ2v) is 8.88. The van der Waals surface area contributed by atoms with Crippen LogP contribution in [0.1, 0.15) is 42.4 Å². The average Bonchev–Trinajstić information content (AvgIpc) is 2.85. The molecule has 4 rings (SSSR count). The second-order valence-electron chi connectivity index (χ2n) is 8.88. The Morgan fingerprint density at radius 1 is 1.03 bits per heavy atom. The van der Waals surface area contributed by atoms with E-state index < -0.39 is 36.0 Å². The average molecular weight is 465 g/mol. The van der Waals surface area contributed by atoms with Crippen molar-refractivity contribution < 1.29 is 29.0 Å². The minimum absolute atomic E-state index is 0.00876. The minimum atomic E-state index is -1.18. The number of Topliss-reactive ketones (excluding diaryl/α,β-unsaturated/α-hetero) is 1. The summed E-state index contributed by atoms with van der Waals surface area (Å²) >= 11 is 0. The molecule has 178 valence electrons. The van der Waals surface area contributed by atoms with Gasteiger partial charge in [-0.25, -0.2) is 9.59 Å². The summed E-state index contributed by atoms with van der Waals surface area (Å²) in [5.41, 5.74) is 2.66. The van der Waals surface area contributed by atoms with Gasteiger partial charge in [0.25, 0.3) is 0 Å². The maximum Gasteiger partial charge on any atom is 0.411 e. The molecule has 1 fully saturated rings. The molecule has 2 aliphatic rings. The number of ketones is 1. The third-order valence-electron chi connectivity index (χ3n) is 6.55. The van der Waals surface area contributed by atoms with E-state index in [0.29, 0.717) is 19.3 Å². The number of rotatable bonds is 6. The Balaban J connectivity index is 1.52. The van der Waals surface area contributed by atoms with E-state index in [-0.39, 0.29) is 31.8 Å². The van der Waals surface area contributed by atoms with Crippen LogP contribution in [0.3, 0.4) is 0 Å². The highest BCUT2D eigenvalue weighted by molar-refractivity contribution is 5.90. The van der Waals surface area contributed by atoms with Gasteiger partial charge < -0.3 is 15.2 Å². The fraction of sp³-hybridized carbons (Fsp3) is 0.385. The molecule has 0 unspecified atom stereocenters. The first-order valence-corrected chi connectivity index (χ1v) is 11.5. The molecule has 1 aliphatic heterocycles. The fourth-order valence-electron chi connectivity index (χ4n) is 4.72. The lowest BCUT2D eigenvalue weighted by Gasteiger charge is -2.36. The van der Waals surface area contributed by atoms with Gasteiger partial charge in [0, 0.05) is 19.3 Å². The Labute approximate surface area is 197 Å². The van der Waals surface area contributed by atoms with Gasteiger partial charge in [-0.2, -0.15) is 0 Å². The van der Waals surface area contributed by atoms with E-state index in [1.165, 1.54) is 4.90 Å². The van der Waals surface area contributed by atoms with Crippen LogP contribution in [0.2, 0.25) is 0 Å². The van der Waals surface area contributed by atoms with Gasteiger partial charge in [0.2, 0.25) is 5.91 Å². The molecule has 1 aliphatic carbocycles. The van der Waals surface area contributed by atoms with Crippen LogP contribution >= 0.6 is 0 Å². The zero-order valence-corrected chi connectivity index (χ0v) is 18.8. The van der Waals surface area contributed by atoms with Crippen molar-refractivity contribution in [3.63, 3.8) is 0 Å². The lowest BCUT2D eigenvalue weighted by atomic mass is 9.83. The van der Waals surface area contributed by atoms with Crippen molar-refractivity contribution in [2.45, 2.75) is 57.3 Å². The third kappa shape index (κ3) is 5.44. The van der Waals surface area contributed by atoms with Crippen LogP contribution in [0.4, 0.5) is 4.79 Å². The predicted octanol–water partition coefficient (Wildman–Crippen LogP) is 3.08. The Bertz CT molecular complexity index is 1070. The smallest absolute Gasteiger partial charge is 0.411 e. The van der Waals surface area contributed by atoms with Gasteiger partial charge in [-0.1, -0.05) is 54.6 Å². The first-order chi connectivity index (χ1) is 16.4. The van der Waals surface area contributed by atoms with Crippen molar-refractivity contribution in [3.8, 4) is 0 Å². The summed E-state index contributed by atoms with van der Waals surface area (Å²) in [7, 11) is 0. The molecule has 34 heavy (non-hydrogen) atoms. The number of carbonyl (C=O) groups excluding carboxylic acids is 3. The van der Waals surface area contributed by atoms with Crippen LogP contribution in [0, 0.1) is 5.92 Å². The van der Waals surface area contributed by atoms with Crippen LogP contribution in [-0.2, 0) is 38.7 Å². The van der Waals surface area contributed by atoms with E-state index in [9.17, 15) is 24.3 Å². The number of carboxylic acids is 1. The van der Waals surface area contributed by atoms with E-state index in [1.807, 2.05) is 54.6 Å².